The lowest BCUT2D eigenvalue weighted by Crippen LogP contribution is -2.03. The van der Waals surface area contributed by atoms with Crippen LogP contribution in [0.3, 0.4) is 0 Å². The number of ketones is 1. The average molecular weight is 253 g/mol. The van der Waals surface area contributed by atoms with Crippen molar-refractivity contribution in [2.24, 2.45) is 0 Å². The number of benzene rings is 1. The Kier molecular flexibility index (Phi) is 2.90. The van der Waals surface area contributed by atoms with Crippen molar-refractivity contribution >= 4 is 28.0 Å². The van der Waals surface area contributed by atoms with E-state index in [1.165, 1.54) is 11.3 Å². The van der Waals surface area contributed by atoms with Gasteiger partial charge < -0.3 is 0 Å². The van der Waals surface area contributed by atoms with Crippen LogP contribution in [-0.4, -0.2) is 10.8 Å². The lowest BCUT2D eigenvalue weighted by molar-refractivity contribution is 0.0996. The largest absolute Gasteiger partial charge is 0.293 e. The summed E-state index contributed by atoms with van der Waals surface area (Å²) in [5, 5.41) is 3.02. The summed E-state index contributed by atoms with van der Waals surface area (Å²) in [5.41, 5.74) is 1.76. The van der Waals surface area contributed by atoms with Crippen molar-refractivity contribution in [2.45, 2.75) is 6.42 Å². The molecule has 1 aromatic carbocycles. The van der Waals surface area contributed by atoms with Gasteiger partial charge in [-0.3, -0.25) is 9.78 Å². The molecule has 3 heteroatoms. The minimum Gasteiger partial charge on any atom is -0.293 e. The van der Waals surface area contributed by atoms with E-state index in [0.717, 1.165) is 21.5 Å². The van der Waals surface area contributed by atoms with Crippen molar-refractivity contribution in [3.8, 4) is 0 Å². The van der Waals surface area contributed by atoms with E-state index in [9.17, 15) is 4.79 Å². The van der Waals surface area contributed by atoms with E-state index in [4.69, 9.17) is 0 Å². The van der Waals surface area contributed by atoms with Gasteiger partial charge in [0.25, 0.3) is 0 Å². The Morgan fingerprint density at radius 2 is 1.94 bits per heavy atom. The molecular formula is C15H11NOS. The first-order chi connectivity index (χ1) is 8.83. The highest BCUT2D eigenvalue weighted by Crippen LogP contribution is 2.15. The van der Waals surface area contributed by atoms with Gasteiger partial charge in [0.2, 0.25) is 0 Å². The summed E-state index contributed by atoms with van der Waals surface area (Å²) in [4.78, 5) is 17.3. The quantitative estimate of drug-likeness (QED) is 0.666. The van der Waals surface area contributed by atoms with Crippen LogP contribution in [-0.2, 0) is 6.42 Å². The van der Waals surface area contributed by atoms with Crippen molar-refractivity contribution in [2.75, 3.05) is 0 Å². The first-order valence-electron chi connectivity index (χ1n) is 5.74. The number of para-hydroxylation sites is 1. The first-order valence-corrected chi connectivity index (χ1v) is 6.62. The molecule has 2 aromatic heterocycles. The predicted molar refractivity (Wildman–Crippen MR) is 74.1 cm³/mol. The van der Waals surface area contributed by atoms with E-state index in [1.807, 2.05) is 53.9 Å². The highest BCUT2D eigenvalue weighted by molar-refractivity contribution is 7.12. The molecule has 0 amide bonds. The van der Waals surface area contributed by atoms with E-state index < -0.39 is 0 Å². The van der Waals surface area contributed by atoms with Crippen LogP contribution in [0.1, 0.15) is 15.4 Å². The van der Waals surface area contributed by atoms with Crippen LogP contribution in [0.15, 0.2) is 53.9 Å². The van der Waals surface area contributed by atoms with Crippen molar-refractivity contribution < 1.29 is 4.79 Å². The van der Waals surface area contributed by atoms with Crippen LogP contribution >= 0.6 is 11.3 Å². The molecule has 0 radical (unpaired) electrons. The van der Waals surface area contributed by atoms with Crippen LogP contribution < -0.4 is 0 Å². The predicted octanol–water partition coefficient (Wildman–Crippen LogP) is 3.72. The Morgan fingerprint density at radius 3 is 2.78 bits per heavy atom. The van der Waals surface area contributed by atoms with Gasteiger partial charge in [-0.25, -0.2) is 0 Å². The third kappa shape index (κ3) is 2.17. The van der Waals surface area contributed by atoms with Crippen LogP contribution in [0.25, 0.3) is 10.9 Å². The SMILES string of the molecule is O=C(Cc1ccc2ccccc2n1)c1cccs1. The Labute approximate surface area is 109 Å². The maximum Gasteiger partial charge on any atom is 0.178 e. The number of pyridine rings is 1. The topological polar surface area (TPSA) is 30.0 Å². The van der Waals surface area contributed by atoms with Crippen LogP contribution in [0, 0.1) is 0 Å². The van der Waals surface area contributed by atoms with Gasteiger partial charge in [-0.1, -0.05) is 30.3 Å². The van der Waals surface area contributed by atoms with E-state index >= 15 is 0 Å². The third-order valence-corrected chi connectivity index (χ3v) is 3.70. The van der Waals surface area contributed by atoms with Gasteiger partial charge >= 0.3 is 0 Å². The highest BCUT2D eigenvalue weighted by Gasteiger charge is 2.09. The summed E-state index contributed by atoms with van der Waals surface area (Å²) in [6.07, 6.45) is 0.366. The van der Waals surface area contributed by atoms with Gasteiger partial charge in [-0.2, -0.15) is 0 Å². The second kappa shape index (κ2) is 4.70. The van der Waals surface area contributed by atoms with Crippen LogP contribution in [0.5, 0.6) is 0 Å². The number of nitrogens with zero attached hydrogens (tertiary/aromatic N) is 1. The van der Waals surface area contributed by atoms with Gasteiger partial charge in [-0.15, -0.1) is 11.3 Å². The van der Waals surface area contributed by atoms with Gasteiger partial charge in [0.15, 0.2) is 5.78 Å². The van der Waals surface area contributed by atoms with Gasteiger partial charge in [0.05, 0.1) is 16.8 Å². The smallest absolute Gasteiger partial charge is 0.178 e. The molecule has 3 aromatic rings. The number of fused-ring (bicyclic) bond motifs is 1. The number of carbonyl (C=O) groups is 1. The molecule has 18 heavy (non-hydrogen) atoms. The van der Waals surface area contributed by atoms with Crippen LogP contribution in [0.2, 0.25) is 0 Å². The summed E-state index contributed by atoms with van der Waals surface area (Å²) in [6.45, 7) is 0. The molecule has 0 saturated heterocycles. The molecule has 3 rings (SSSR count). The Morgan fingerprint density at radius 1 is 1.06 bits per heavy atom. The first kappa shape index (κ1) is 11.1. The molecule has 0 spiro atoms. The molecule has 0 N–H and O–H groups in total. The van der Waals surface area contributed by atoms with Crippen molar-refractivity contribution in [1.82, 2.24) is 4.98 Å². The summed E-state index contributed by atoms with van der Waals surface area (Å²) in [5.74, 6) is 0.132. The number of thiophene rings is 1. The van der Waals surface area contributed by atoms with Crippen molar-refractivity contribution in [3.05, 3.63) is 64.5 Å². The maximum atomic E-state index is 12.0. The Balaban J connectivity index is 1.89. The lowest BCUT2D eigenvalue weighted by Gasteiger charge is -2.01. The zero-order chi connectivity index (χ0) is 12.4. The number of Topliss-reactive ketones (excluding diaryl/α,β-unsaturated/α-hetero) is 1. The Bertz CT molecular complexity index is 689. The number of rotatable bonds is 3. The number of aromatic nitrogens is 1. The fourth-order valence-corrected chi connectivity index (χ4v) is 2.56. The fraction of sp³-hybridized carbons (Fsp3) is 0.0667. The second-order valence-corrected chi connectivity index (χ2v) is 5.02. The van der Waals surface area contributed by atoms with Crippen molar-refractivity contribution in [1.29, 1.82) is 0 Å². The number of hydrogen-bond acceptors (Lipinski definition) is 3. The molecule has 0 unspecified atom stereocenters. The average Bonchev–Trinajstić information content (AvgIpc) is 2.92. The minimum absolute atomic E-state index is 0.132. The van der Waals surface area contributed by atoms with Crippen molar-refractivity contribution in [3.63, 3.8) is 0 Å². The van der Waals surface area contributed by atoms with Gasteiger partial charge in [0, 0.05) is 11.1 Å². The highest BCUT2D eigenvalue weighted by atomic mass is 32.1. The molecule has 0 aliphatic heterocycles. The van der Waals surface area contributed by atoms with Crippen LogP contribution in [0.4, 0.5) is 0 Å². The number of carbonyl (C=O) groups excluding carboxylic acids is 1. The van der Waals surface area contributed by atoms with E-state index in [0.29, 0.717) is 6.42 Å². The molecule has 2 heterocycles. The molecule has 0 bridgehead atoms. The summed E-state index contributed by atoms with van der Waals surface area (Å²) in [7, 11) is 0. The molecule has 0 fully saturated rings. The zero-order valence-electron chi connectivity index (χ0n) is 9.67. The van der Waals surface area contributed by atoms with E-state index in [-0.39, 0.29) is 5.78 Å². The molecule has 0 aliphatic rings. The zero-order valence-corrected chi connectivity index (χ0v) is 10.5. The molecule has 88 valence electrons. The van der Waals surface area contributed by atoms with E-state index in [2.05, 4.69) is 4.98 Å². The maximum absolute atomic E-state index is 12.0. The normalized spacial score (nSPS) is 10.7. The molecule has 0 aliphatic carbocycles. The second-order valence-electron chi connectivity index (χ2n) is 4.07. The summed E-state index contributed by atoms with van der Waals surface area (Å²) in [6, 6.07) is 15.6. The standard InChI is InChI=1S/C15H11NOS/c17-14(15-6-3-9-18-15)10-12-8-7-11-4-1-2-5-13(11)16-12/h1-9H,10H2. The molecular weight excluding hydrogens is 242 g/mol. The number of hydrogen-bond donors (Lipinski definition) is 0. The molecule has 2 nitrogen and oxygen atoms in total. The summed E-state index contributed by atoms with van der Waals surface area (Å²) >= 11 is 1.48. The minimum atomic E-state index is 0.132. The lowest BCUT2D eigenvalue weighted by atomic mass is 10.1. The Hall–Kier alpha value is -2.00. The van der Waals surface area contributed by atoms with Gasteiger partial charge in [0.1, 0.15) is 0 Å². The third-order valence-electron chi connectivity index (χ3n) is 2.79. The van der Waals surface area contributed by atoms with E-state index in [1.54, 1.807) is 0 Å². The molecule has 0 saturated carbocycles. The monoisotopic (exact) mass is 253 g/mol. The molecule has 0 atom stereocenters. The van der Waals surface area contributed by atoms with Gasteiger partial charge in [-0.05, 0) is 23.6 Å². The summed E-state index contributed by atoms with van der Waals surface area (Å²) < 4.78 is 0. The fourth-order valence-electron chi connectivity index (χ4n) is 1.90.